The Morgan fingerprint density at radius 1 is 1.06 bits per heavy atom. The molecule has 2 nitrogen and oxygen atoms in total. The standard InChI is InChI=1S/C30H43FO2/c1-3-5-8-23-15-17-26(20-29(23)31)33-30(32)28-10-6-9-25-19-24(16-18-27(25)28)22-13-11-21(7-4-2)12-14-22/h3,15,17,20-22,24-25,27-28H,1,4-14,16,18-19H2,2H3. The van der Waals surface area contributed by atoms with Crippen LogP contribution < -0.4 is 4.74 Å². The smallest absolute Gasteiger partial charge is 0.314 e. The summed E-state index contributed by atoms with van der Waals surface area (Å²) < 4.78 is 20.1. The Bertz CT molecular complexity index is 794. The minimum atomic E-state index is -0.294. The van der Waals surface area contributed by atoms with Crippen molar-refractivity contribution in [2.75, 3.05) is 0 Å². The lowest BCUT2D eigenvalue weighted by molar-refractivity contribution is -0.144. The molecule has 3 aliphatic carbocycles. The number of allylic oxidation sites excluding steroid dienone is 1. The zero-order valence-corrected chi connectivity index (χ0v) is 20.6. The minimum absolute atomic E-state index is 0.0199. The van der Waals surface area contributed by atoms with Gasteiger partial charge in [0.25, 0.3) is 0 Å². The third-order valence-electron chi connectivity index (χ3n) is 9.11. The van der Waals surface area contributed by atoms with Crippen LogP contribution in [0.4, 0.5) is 4.39 Å². The molecule has 4 rings (SSSR count). The van der Waals surface area contributed by atoms with Crippen LogP contribution in [0.25, 0.3) is 0 Å². The number of carbonyl (C=O) groups excluding carboxylic acids is 1. The van der Waals surface area contributed by atoms with Crippen LogP contribution in [0.2, 0.25) is 0 Å². The number of carbonyl (C=O) groups is 1. The number of fused-ring (bicyclic) bond motifs is 1. The molecule has 0 aromatic heterocycles. The molecule has 3 saturated carbocycles. The van der Waals surface area contributed by atoms with E-state index in [2.05, 4.69) is 13.5 Å². The summed E-state index contributed by atoms with van der Waals surface area (Å²) in [4.78, 5) is 13.1. The molecule has 1 aromatic rings. The topological polar surface area (TPSA) is 26.3 Å². The summed E-state index contributed by atoms with van der Waals surface area (Å²) in [6.45, 7) is 6.01. The van der Waals surface area contributed by atoms with Gasteiger partial charge in [-0.25, -0.2) is 4.39 Å². The van der Waals surface area contributed by atoms with Gasteiger partial charge in [0.2, 0.25) is 0 Å². The maximum atomic E-state index is 14.4. The Labute approximate surface area is 200 Å². The van der Waals surface area contributed by atoms with E-state index < -0.39 is 0 Å². The normalized spacial score (nSPS) is 32.1. The third kappa shape index (κ3) is 6.08. The molecule has 0 saturated heterocycles. The number of rotatable bonds is 8. The number of ether oxygens (including phenoxy) is 1. The number of aryl methyl sites for hydroxylation is 1. The van der Waals surface area contributed by atoms with Gasteiger partial charge in [-0.15, -0.1) is 6.58 Å². The summed E-state index contributed by atoms with van der Waals surface area (Å²) in [5, 5.41) is 0. The number of benzene rings is 1. The maximum absolute atomic E-state index is 14.4. The summed E-state index contributed by atoms with van der Waals surface area (Å²) in [6, 6.07) is 4.86. The molecule has 4 unspecified atom stereocenters. The average molecular weight is 455 g/mol. The van der Waals surface area contributed by atoms with Crippen molar-refractivity contribution < 1.29 is 13.9 Å². The van der Waals surface area contributed by atoms with E-state index in [1.807, 2.05) is 0 Å². The molecule has 0 amide bonds. The highest BCUT2D eigenvalue weighted by atomic mass is 19.1. The lowest BCUT2D eigenvalue weighted by Gasteiger charge is -2.46. The van der Waals surface area contributed by atoms with Crippen molar-refractivity contribution in [3.8, 4) is 5.75 Å². The highest BCUT2D eigenvalue weighted by Crippen LogP contribution is 2.50. The molecular weight excluding hydrogens is 411 g/mol. The van der Waals surface area contributed by atoms with Crippen molar-refractivity contribution in [2.45, 2.75) is 96.8 Å². The molecule has 0 N–H and O–H groups in total. The van der Waals surface area contributed by atoms with Gasteiger partial charge in [-0.3, -0.25) is 4.79 Å². The summed E-state index contributed by atoms with van der Waals surface area (Å²) in [5.74, 6) is 3.76. The molecule has 3 heteroatoms. The van der Waals surface area contributed by atoms with Crippen molar-refractivity contribution in [3.05, 3.63) is 42.2 Å². The summed E-state index contributed by atoms with van der Waals surface area (Å²) in [5.41, 5.74) is 0.648. The van der Waals surface area contributed by atoms with E-state index in [4.69, 9.17) is 4.74 Å². The van der Waals surface area contributed by atoms with Crippen molar-refractivity contribution in [3.63, 3.8) is 0 Å². The van der Waals surface area contributed by atoms with Crippen LogP contribution in [0.3, 0.4) is 0 Å². The predicted octanol–water partition coefficient (Wildman–Crippen LogP) is 8.29. The first-order valence-electron chi connectivity index (χ1n) is 13.7. The van der Waals surface area contributed by atoms with Gasteiger partial charge in [0.05, 0.1) is 5.92 Å². The highest BCUT2D eigenvalue weighted by Gasteiger charge is 2.43. The second-order valence-electron chi connectivity index (χ2n) is 11.1. The first-order valence-corrected chi connectivity index (χ1v) is 13.7. The Kier molecular flexibility index (Phi) is 8.66. The van der Waals surface area contributed by atoms with E-state index in [-0.39, 0.29) is 17.7 Å². The molecule has 0 bridgehead atoms. The molecule has 0 spiro atoms. The number of hydrogen-bond acceptors (Lipinski definition) is 2. The van der Waals surface area contributed by atoms with E-state index >= 15 is 0 Å². The Hall–Kier alpha value is -1.64. The molecule has 3 fully saturated rings. The van der Waals surface area contributed by atoms with Crippen molar-refractivity contribution >= 4 is 5.97 Å². The van der Waals surface area contributed by atoms with Gasteiger partial charge in [0.1, 0.15) is 11.6 Å². The number of halogens is 1. The summed E-state index contributed by atoms with van der Waals surface area (Å²) in [6.07, 6.45) is 18.7. The zero-order chi connectivity index (χ0) is 23.2. The van der Waals surface area contributed by atoms with Gasteiger partial charge in [-0.05, 0) is 92.6 Å². The fraction of sp³-hybridized carbons (Fsp3) is 0.700. The van der Waals surface area contributed by atoms with Crippen LogP contribution in [-0.2, 0) is 11.2 Å². The Morgan fingerprint density at radius 2 is 1.85 bits per heavy atom. The second kappa shape index (κ2) is 11.7. The van der Waals surface area contributed by atoms with Crippen LogP contribution in [-0.4, -0.2) is 5.97 Å². The molecule has 0 aliphatic heterocycles. The Balaban J connectivity index is 1.32. The summed E-state index contributed by atoms with van der Waals surface area (Å²) in [7, 11) is 0. The molecule has 33 heavy (non-hydrogen) atoms. The van der Waals surface area contributed by atoms with Crippen molar-refractivity contribution in [2.24, 2.45) is 35.5 Å². The average Bonchev–Trinajstić information content (AvgIpc) is 2.83. The highest BCUT2D eigenvalue weighted by molar-refractivity contribution is 5.75. The van der Waals surface area contributed by atoms with Crippen molar-refractivity contribution in [1.82, 2.24) is 0 Å². The fourth-order valence-corrected chi connectivity index (χ4v) is 7.32. The lowest BCUT2D eigenvalue weighted by atomic mass is 9.59. The fourth-order valence-electron chi connectivity index (χ4n) is 7.32. The van der Waals surface area contributed by atoms with Gasteiger partial charge in [0.15, 0.2) is 0 Å². The van der Waals surface area contributed by atoms with E-state index in [1.54, 1.807) is 18.2 Å². The molecule has 182 valence electrons. The number of esters is 1. The van der Waals surface area contributed by atoms with Gasteiger partial charge in [0, 0.05) is 6.07 Å². The monoisotopic (exact) mass is 454 g/mol. The molecule has 4 atom stereocenters. The third-order valence-corrected chi connectivity index (χ3v) is 9.11. The molecule has 3 aliphatic rings. The van der Waals surface area contributed by atoms with Gasteiger partial charge >= 0.3 is 5.97 Å². The minimum Gasteiger partial charge on any atom is -0.426 e. The molecule has 0 radical (unpaired) electrons. The lowest BCUT2D eigenvalue weighted by Crippen LogP contribution is -2.40. The van der Waals surface area contributed by atoms with Crippen molar-refractivity contribution in [1.29, 1.82) is 0 Å². The van der Waals surface area contributed by atoms with E-state index in [9.17, 15) is 9.18 Å². The van der Waals surface area contributed by atoms with E-state index in [0.29, 0.717) is 29.6 Å². The van der Waals surface area contributed by atoms with Gasteiger partial charge < -0.3 is 4.74 Å². The largest absolute Gasteiger partial charge is 0.426 e. The summed E-state index contributed by atoms with van der Waals surface area (Å²) >= 11 is 0. The van der Waals surface area contributed by atoms with Crippen LogP contribution in [0.5, 0.6) is 5.75 Å². The van der Waals surface area contributed by atoms with E-state index in [1.165, 1.54) is 70.3 Å². The zero-order valence-electron chi connectivity index (χ0n) is 20.6. The van der Waals surface area contributed by atoms with Gasteiger partial charge in [-0.1, -0.05) is 57.6 Å². The molecular formula is C30H43FO2. The quantitative estimate of drug-likeness (QED) is 0.224. The number of hydrogen-bond donors (Lipinski definition) is 0. The predicted molar refractivity (Wildman–Crippen MR) is 133 cm³/mol. The second-order valence-corrected chi connectivity index (χ2v) is 11.1. The van der Waals surface area contributed by atoms with Crippen LogP contribution in [0.15, 0.2) is 30.9 Å². The van der Waals surface area contributed by atoms with Crippen LogP contribution >= 0.6 is 0 Å². The first kappa shape index (κ1) is 24.5. The molecule has 0 heterocycles. The molecule has 1 aromatic carbocycles. The SMILES string of the molecule is C=CCCc1ccc(OC(=O)C2CCCC3CC(C4CCC(CCC)CC4)CCC32)cc1F. The maximum Gasteiger partial charge on any atom is 0.314 e. The van der Waals surface area contributed by atoms with E-state index in [0.717, 1.165) is 37.0 Å². The first-order chi connectivity index (χ1) is 16.1. The van der Waals surface area contributed by atoms with Gasteiger partial charge in [-0.2, -0.15) is 0 Å². The van der Waals surface area contributed by atoms with Crippen LogP contribution in [0, 0.1) is 41.3 Å². The Morgan fingerprint density at radius 3 is 2.58 bits per heavy atom. The van der Waals surface area contributed by atoms with Crippen LogP contribution in [0.1, 0.15) is 96.0 Å².